The average Bonchev–Trinajstić information content (AvgIpc) is 3.30. The van der Waals surface area contributed by atoms with Crippen LogP contribution in [0.15, 0.2) is 121 Å². The fourth-order valence-corrected chi connectivity index (χ4v) is 6.42. The number of rotatable bonds is 25. The number of aliphatic hydroxyl groups excluding tert-OH is 2. The van der Waals surface area contributed by atoms with Gasteiger partial charge in [-0.1, -0.05) is 121 Å². The molecule has 2 N–H and O–H groups in total. The molecule has 4 amide bonds. The van der Waals surface area contributed by atoms with Gasteiger partial charge in [-0.15, -0.1) is 0 Å². The van der Waals surface area contributed by atoms with Crippen molar-refractivity contribution in [3.63, 3.8) is 0 Å². The van der Waals surface area contributed by atoms with Crippen molar-refractivity contribution in [2.75, 3.05) is 52.4 Å². The molecule has 4 rings (SSSR count). The smallest absolute Gasteiger partial charge is 0.410 e. The maximum Gasteiger partial charge on any atom is 0.410 e. The van der Waals surface area contributed by atoms with Crippen molar-refractivity contribution in [2.24, 2.45) is 0 Å². The summed E-state index contributed by atoms with van der Waals surface area (Å²) >= 11 is 0. The summed E-state index contributed by atoms with van der Waals surface area (Å²) in [5.41, 5.74) is 3.34. The van der Waals surface area contributed by atoms with E-state index in [0.29, 0.717) is 25.9 Å². The monoisotopic (exact) mass is 854 g/mol. The first-order valence-electron chi connectivity index (χ1n) is 21.3. The Morgan fingerprint density at radius 2 is 0.677 bits per heavy atom. The van der Waals surface area contributed by atoms with E-state index >= 15 is 0 Å². The van der Waals surface area contributed by atoms with Gasteiger partial charge in [0.25, 0.3) is 0 Å². The number of unbranched alkanes of at least 4 members (excludes halogenated alkanes) is 1. The number of hydrogen-bond donors (Lipinski definition) is 2. The van der Waals surface area contributed by atoms with Crippen LogP contribution >= 0.6 is 0 Å². The molecular formula is C48H62N4O10. The van der Waals surface area contributed by atoms with Crippen molar-refractivity contribution >= 4 is 24.4 Å². The Hall–Kier alpha value is -6.12. The van der Waals surface area contributed by atoms with Crippen LogP contribution in [0.4, 0.5) is 19.2 Å². The molecule has 0 saturated carbocycles. The molecule has 14 heteroatoms. The van der Waals surface area contributed by atoms with Gasteiger partial charge in [0, 0.05) is 52.4 Å². The molecule has 4 aromatic carbocycles. The van der Waals surface area contributed by atoms with Gasteiger partial charge in [0.1, 0.15) is 26.4 Å². The zero-order valence-corrected chi connectivity index (χ0v) is 36.0. The number of nitrogens with zero attached hydrogens (tertiary/aromatic N) is 4. The third kappa shape index (κ3) is 18.2. The SMILES string of the molecule is CCN(CC[C@@H](O)CN(CCCCN(C[C@H](O)CCN(CC)C(=O)OCc1ccccc1)C(=O)OCc1ccccc1)C(=O)OCc1ccccc1)C(=O)OCc1ccccc1. The first-order chi connectivity index (χ1) is 30.1. The fraction of sp³-hybridized carbons (Fsp3) is 0.417. The maximum atomic E-state index is 13.4. The molecule has 14 nitrogen and oxygen atoms in total. The second-order valence-corrected chi connectivity index (χ2v) is 14.8. The van der Waals surface area contributed by atoms with E-state index in [0.717, 1.165) is 22.3 Å². The first kappa shape index (κ1) is 48.5. The van der Waals surface area contributed by atoms with Gasteiger partial charge in [0.15, 0.2) is 0 Å². The van der Waals surface area contributed by atoms with Gasteiger partial charge in [0.05, 0.1) is 12.2 Å². The standard InChI is InChI=1S/C48H62N4O10/c1-3-49(45(55)59-35-39-19-9-5-10-20-39)31-27-43(53)33-51(47(57)61-37-41-23-13-7-14-24-41)29-17-18-30-52(48(58)62-38-42-25-15-8-16-26-42)34-44(54)28-32-50(4-2)46(56)60-36-40-21-11-6-12-22-40/h5-16,19-26,43-44,53-54H,3-4,17-18,27-38H2,1-2H3/t43-,44-/m1/s1. The van der Waals surface area contributed by atoms with Crippen LogP contribution in [0.5, 0.6) is 0 Å². The molecule has 0 spiro atoms. The molecule has 0 aliphatic rings. The molecule has 0 aliphatic carbocycles. The fourth-order valence-electron chi connectivity index (χ4n) is 6.42. The summed E-state index contributed by atoms with van der Waals surface area (Å²) in [4.78, 5) is 58.4. The van der Waals surface area contributed by atoms with Gasteiger partial charge in [-0.2, -0.15) is 0 Å². The molecule has 0 heterocycles. The van der Waals surface area contributed by atoms with Gasteiger partial charge in [-0.05, 0) is 61.8 Å². The zero-order chi connectivity index (χ0) is 44.4. The van der Waals surface area contributed by atoms with Crippen molar-refractivity contribution in [1.82, 2.24) is 19.6 Å². The van der Waals surface area contributed by atoms with Crippen LogP contribution < -0.4 is 0 Å². The predicted molar refractivity (Wildman–Crippen MR) is 235 cm³/mol. The minimum atomic E-state index is -0.979. The Balaban J connectivity index is 1.33. The Morgan fingerprint density at radius 1 is 0.419 bits per heavy atom. The Labute approximate surface area is 365 Å². The normalized spacial score (nSPS) is 11.7. The van der Waals surface area contributed by atoms with Crippen molar-refractivity contribution in [1.29, 1.82) is 0 Å². The van der Waals surface area contributed by atoms with E-state index in [-0.39, 0.29) is 78.5 Å². The summed E-state index contributed by atoms with van der Waals surface area (Å²) in [6, 6.07) is 37.3. The van der Waals surface area contributed by atoms with E-state index < -0.39 is 36.6 Å². The van der Waals surface area contributed by atoms with Crippen LogP contribution in [-0.2, 0) is 45.4 Å². The van der Waals surface area contributed by atoms with Crippen LogP contribution in [0.2, 0.25) is 0 Å². The topological polar surface area (TPSA) is 159 Å². The second kappa shape index (κ2) is 27.7. The first-order valence-corrected chi connectivity index (χ1v) is 21.3. The van der Waals surface area contributed by atoms with Crippen LogP contribution in [0.1, 0.15) is 61.8 Å². The summed E-state index contributed by atoms with van der Waals surface area (Å²) in [6.07, 6.45) is -2.94. The van der Waals surface area contributed by atoms with E-state index in [2.05, 4.69) is 0 Å². The molecule has 0 bridgehead atoms. The predicted octanol–water partition coefficient (Wildman–Crippen LogP) is 7.86. The Kier molecular flexibility index (Phi) is 21.7. The number of carbonyl (C=O) groups is 4. The van der Waals surface area contributed by atoms with E-state index in [1.54, 1.807) is 0 Å². The van der Waals surface area contributed by atoms with Gasteiger partial charge in [0.2, 0.25) is 0 Å². The number of ether oxygens (including phenoxy) is 4. The summed E-state index contributed by atoms with van der Waals surface area (Å²) < 4.78 is 22.2. The summed E-state index contributed by atoms with van der Waals surface area (Å²) in [5.74, 6) is 0. The largest absolute Gasteiger partial charge is 0.445 e. The van der Waals surface area contributed by atoms with Gasteiger partial charge >= 0.3 is 24.4 Å². The lowest BCUT2D eigenvalue weighted by atomic mass is 10.2. The molecule has 0 aromatic heterocycles. The lowest BCUT2D eigenvalue weighted by Gasteiger charge is -2.28. The van der Waals surface area contributed by atoms with Crippen molar-refractivity contribution in [3.05, 3.63) is 144 Å². The molecule has 0 unspecified atom stereocenters. The van der Waals surface area contributed by atoms with Gasteiger partial charge in [-0.3, -0.25) is 0 Å². The van der Waals surface area contributed by atoms with E-state index in [1.807, 2.05) is 135 Å². The van der Waals surface area contributed by atoms with Crippen molar-refractivity contribution in [2.45, 2.75) is 78.2 Å². The molecule has 0 radical (unpaired) electrons. The number of hydrogen-bond acceptors (Lipinski definition) is 10. The summed E-state index contributed by atoms with van der Waals surface area (Å²) in [5, 5.41) is 22.2. The van der Waals surface area contributed by atoms with Crippen LogP contribution in [-0.4, -0.2) is 119 Å². The molecule has 62 heavy (non-hydrogen) atoms. The third-order valence-electron chi connectivity index (χ3n) is 10.0. The molecule has 334 valence electrons. The lowest BCUT2D eigenvalue weighted by Crippen LogP contribution is -2.42. The van der Waals surface area contributed by atoms with Crippen LogP contribution in [0.25, 0.3) is 0 Å². The number of amides is 4. The highest BCUT2D eigenvalue weighted by molar-refractivity contribution is 5.69. The molecular weight excluding hydrogens is 793 g/mol. The molecule has 0 aliphatic heterocycles. The number of carbonyl (C=O) groups excluding carboxylic acids is 4. The third-order valence-corrected chi connectivity index (χ3v) is 10.0. The van der Waals surface area contributed by atoms with E-state index in [4.69, 9.17) is 18.9 Å². The Morgan fingerprint density at radius 3 is 0.935 bits per heavy atom. The van der Waals surface area contributed by atoms with Crippen molar-refractivity contribution in [3.8, 4) is 0 Å². The quantitative estimate of drug-likeness (QED) is 0.0497. The Bertz CT molecular complexity index is 1740. The molecule has 4 aromatic rings. The number of aliphatic hydroxyl groups is 2. The van der Waals surface area contributed by atoms with Crippen molar-refractivity contribution < 1.29 is 48.3 Å². The second-order valence-electron chi connectivity index (χ2n) is 14.8. The molecule has 0 saturated heterocycles. The maximum absolute atomic E-state index is 13.4. The highest BCUT2D eigenvalue weighted by atomic mass is 16.6. The van der Waals surface area contributed by atoms with Crippen LogP contribution in [0, 0.1) is 0 Å². The van der Waals surface area contributed by atoms with E-state index in [1.165, 1.54) is 19.6 Å². The minimum Gasteiger partial charge on any atom is -0.445 e. The highest BCUT2D eigenvalue weighted by Gasteiger charge is 2.24. The molecule has 0 fully saturated rings. The lowest BCUT2D eigenvalue weighted by molar-refractivity contribution is 0.0536. The molecule has 2 atom stereocenters. The minimum absolute atomic E-state index is 0.0439. The van der Waals surface area contributed by atoms with Crippen LogP contribution in [0.3, 0.4) is 0 Å². The average molecular weight is 855 g/mol. The number of benzene rings is 4. The van der Waals surface area contributed by atoms with Gasteiger partial charge < -0.3 is 48.8 Å². The van der Waals surface area contributed by atoms with Gasteiger partial charge in [-0.25, -0.2) is 19.2 Å². The summed E-state index contributed by atoms with van der Waals surface area (Å²) in [6.45, 7) is 5.48. The zero-order valence-electron chi connectivity index (χ0n) is 36.0. The highest BCUT2D eigenvalue weighted by Crippen LogP contribution is 2.13. The summed E-state index contributed by atoms with van der Waals surface area (Å²) in [7, 11) is 0. The van der Waals surface area contributed by atoms with E-state index in [9.17, 15) is 29.4 Å².